The lowest BCUT2D eigenvalue weighted by atomic mass is 10.1. The Bertz CT molecular complexity index is 688. The molecule has 24 heavy (non-hydrogen) atoms. The van der Waals surface area contributed by atoms with Gasteiger partial charge in [0.05, 0.1) is 5.75 Å². The highest BCUT2D eigenvalue weighted by Gasteiger charge is 2.30. The largest absolute Gasteiger partial charge is 0.342 e. The van der Waals surface area contributed by atoms with Crippen LogP contribution in [0, 0.1) is 0 Å². The summed E-state index contributed by atoms with van der Waals surface area (Å²) in [5.41, 5.74) is 0. The van der Waals surface area contributed by atoms with Crippen LogP contribution < -0.4 is 0 Å². The fourth-order valence-corrected chi connectivity index (χ4v) is 4.78. The van der Waals surface area contributed by atoms with Crippen LogP contribution in [-0.2, 0) is 11.2 Å². The SMILES string of the molecule is O=C(CSc1nnc(Cc2cccs2)n1C1CC1)N1CCCCC1. The van der Waals surface area contributed by atoms with Crippen LogP contribution in [0.2, 0.25) is 0 Å². The summed E-state index contributed by atoms with van der Waals surface area (Å²) in [5, 5.41) is 11.8. The van der Waals surface area contributed by atoms with Gasteiger partial charge in [-0.2, -0.15) is 0 Å². The van der Waals surface area contributed by atoms with Gasteiger partial charge in [0.15, 0.2) is 5.16 Å². The molecular weight excluding hydrogens is 340 g/mol. The van der Waals surface area contributed by atoms with E-state index in [1.807, 2.05) is 4.90 Å². The van der Waals surface area contributed by atoms with Crippen molar-refractivity contribution in [3.63, 3.8) is 0 Å². The molecule has 3 heterocycles. The molecular formula is C17H22N4OS2. The lowest BCUT2D eigenvalue weighted by Gasteiger charge is -2.26. The number of carbonyl (C=O) groups excluding carboxylic acids is 1. The normalized spacial score (nSPS) is 18.1. The topological polar surface area (TPSA) is 51.0 Å². The maximum absolute atomic E-state index is 12.4. The van der Waals surface area contributed by atoms with Gasteiger partial charge in [-0.3, -0.25) is 4.79 Å². The maximum Gasteiger partial charge on any atom is 0.233 e. The maximum atomic E-state index is 12.4. The number of hydrogen-bond acceptors (Lipinski definition) is 5. The minimum Gasteiger partial charge on any atom is -0.342 e. The van der Waals surface area contributed by atoms with Gasteiger partial charge in [0, 0.05) is 30.4 Å². The molecule has 0 atom stereocenters. The second-order valence-electron chi connectivity index (χ2n) is 6.49. The summed E-state index contributed by atoms with van der Waals surface area (Å²) in [5.74, 6) is 1.75. The first kappa shape index (κ1) is 16.1. The van der Waals surface area contributed by atoms with Crippen LogP contribution in [0.5, 0.6) is 0 Å². The Balaban J connectivity index is 1.43. The van der Waals surface area contributed by atoms with Gasteiger partial charge < -0.3 is 9.47 Å². The number of aromatic nitrogens is 3. The molecule has 1 saturated carbocycles. The number of thiophene rings is 1. The summed E-state index contributed by atoms with van der Waals surface area (Å²) in [6.45, 7) is 1.83. The van der Waals surface area contributed by atoms with Crippen molar-refractivity contribution in [2.24, 2.45) is 0 Å². The first-order valence-electron chi connectivity index (χ1n) is 8.68. The predicted octanol–water partition coefficient (Wildman–Crippen LogP) is 3.37. The Hall–Kier alpha value is -1.34. The molecule has 0 N–H and O–H groups in total. The average Bonchev–Trinajstić information content (AvgIpc) is 3.17. The van der Waals surface area contributed by atoms with E-state index in [2.05, 4.69) is 32.3 Å². The Morgan fingerprint density at radius 2 is 2.08 bits per heavy atom. The van der Waals surface area contributed by atoms with Gasteiger partial charge >= 0.3 is 0 Å². The number of hydrogen-bond donors (Lipinski definition) is 0. The number of likely N-dealkylation sites (tertiary alicyclic amines) is 1. The highest BCUT2D eigenvalue weighted by Crippen LogP contribution is 2.39. The molecule has 0 bridgehead atoms. The summed E-state index contributed by atoms with van der Waals surface area (Å²) >= 11 is 3.31. The van der Waals surface area contributed by atoms with Crippen molar-refractivity contribution in [1.82, 2.24) is 19.7 Å². The van der Waals surface area contributed by atoms with Crippen molar-refractivity contribution in [1.29, 1.82) is 0 Å². The number of amides is 1. The molecule has 5 nitrogen and oxygen atoms in total. The summed E-state index contributed by atoms with van der Waals surface area (Å²) in [6.07, 6.45) is 6.76. The zero-order valence-corrected chi connectivity index (χ0v) is 15.3. The molecule has 2 aliphatic rings. The molecule has 4 rings (SSSR count). The second kappa shape index (κ2) is 7.27. The molecule has 0 radical (unpaired) electrons. The van der Waals surface area contributed by atoms with Crippen molar-refractivity contribution < 1.29 is 4.79 Å². The first-order chi connectivity index (χ1) is 11.8. The van der Waals surface area contributed by atoms with Gasteiger partial charge in [-0.15, -0.1) is 21.5 Å². The fourth-order valence-electron chi connectivity index (χ4n) is 3.16. The Morgan fingerprint density at radius 3 is 2.79 bits per heavy atom. The minimum absolute atomic E-state index is 0.241. The molecule has 1 aliphatic carbocycles. The molecule has 0 unspecified atom stereocenters. The fraction of sp³-hybridized carbons (Fsp3) is 0.588. The number of rotatable bonds is 6. The third-order valence-corrected chi connectivity index (χ3v) is 6.40. The molecule has 2 aromatic rings. The standard InChI is InChI=1S/C17H22N4OS2/c22-16(20-8-2-1-3-9-20)12-24-17-19-18-15(21(17)13-6-7-13)11-14-5-4-10-23-14/h4-5,10,13H,1-3,6-9,11-12H2. The lowest BCUT2D eigenvalue weighted by Crippen LogP contribution is -2.36. The van der Waals surface area contributed by atoms with E-state index in [1.54, 1.807) is 23.1 Å². The zero-order chi connectivity index (χ0) is 16.4. The van der Waals surface area contributed by atoms with Crippen LogP contribution >= 0.6 is 23.1 Å². The van der Waals surface area contributed by atoms with E-state index < -0.39 is 0 Å². The van der Waals surface area contributed by atoms with Crippen molar-refractivity contribution in [2.75, 3.05) is 18.8 Å². The van der Waals surface area contributed by atoms with Crippen LogP contribution in [0.1, 0.15) is 48.8 Å². The van der Waals surface area contributed by atoms with Crippen molar-refractivity contribution in [2.45, 2.75) is 49.7 Å². The number of nitrogens with zero attached hydrogens (tertiary/aromatic N) is 4. The average molecular weight is 363 g/mol. The molecule has 0 spiro atoms. The summed E-state index contributed by atoms with van der Waals surface area (Å²) in [6, 6.07) is 4.75. The van der Waals surface area contributed by atoms with Crippen LogP contribution in [0.4, 0.5) is 0 Å². The highest BCUT2D eigenvalue weighted by molar-refractivity contribution is 7.99. The van der Waals surface area contributed by atoms with Gasteiger partial charge in [-0.05, 0) is 43.6 Å². The smallest absolute Gasteiger partial charge is 0.233 e. The Morgan fingerprint density at radius 1 is 1.25 bits per heavy atom. The lowest BCUT2D eigenvalue weighted by molar-refractivity contribution is -0.129. The number of thioether (sulfide) groups is 1. The summed E-state index contributed by atoms with van der Waals surface area (Å²) < 4.78 is 2.27. The Labute approximate surface area is 150 Å². The van der Waals surface area contributed by atoms with Gasteiger partial charge in [0.2, 0.25) is 5.91 Å². The second-order valence-corrected chi connectivity index (χ2v) is 8.46. The third-order valence-electron chi connectivity index (χ3n) is 4.59. The summed E-state index contributed by atoms with van der Waals surface area (Å²) in [4.78, 5) is 15.7. The van der Waals surface area contributed by atoms with E-state index in [0.29, 0.717) is 11.8 Å². The van der Waals surface area contributed by atoms with Crippen LogP contribution in [-0.4, -0.2) is 44.4 Å². The van der Waals surface area contributed by atoms with Crippen LogP contribution in [0.15, 0.2) is 22.7 Å². The van der Waals surface area contributed by atoms with Crippen molar-refractivity contribution in [3.8, 4) is 0 Å². The summed E-state index contributed by atoms with van der Waals surface area (Å²) in [7, 11) is 0. The third kappa shape index (κ3) is 3.67. The molecule has 128 valence electrons. The van der Waals surface area contributed by atoms with Gasteiger partial charge in [0.1, 0.15) is 5.82 Å². The van der Waals surface area contributed by atoms with Crippen LogP contribution in [0.25, 0.3) is 0 Å². The van der Waals surface area contributed by atoms with E-state index in [4.69, 9.17) is 0 Å². The first-order valence-corrected chi connectivity index (χ1v) is 10.5. The zero-order valence-electron chi connectivity index (χ0n) is 13.7. The van der Waals surface area contributed by atoms with Crippen molar-refractivity contribution >= 4 is 29.0 Å². The van der Waals surface area contributed by atoms with E-state index in [1.165, 1.54) is 24.1 Å². The van der Waals surface area contributed by atoms with Gasteiger partial charge in [-0.25, -0.2) is 0 Å². The highest BCUT2D eigenvalue weighted by atomic mass is 32.2. The molecule has 2 aromatic heterocycles. The predicted molar refractivity (Wildman–Crippen MR) is 96.6 cm³/mol. The molecule has 1 amide bonds. The van der Waals surface area contributed by atoms with Crippen LogP contribution in [0.3, 0.4) is 0 Å². The monoisotopic (exact) mass is 362 g/mol. The van der Waals surface area contributed by atoms with E-state index >= 15 is 0 Å². The quantitative estimate of drug-likeness (QED) is 0.739. The minimum atomic E-state index is 0.241. The number of carbonyl (C=O) groups is 1. The Kier molecular flexibility index (Phi) is 4.89. The molecule has 0 aromatic carbocycles. The van der Waals surface area contributed by atoms with E-state index in [0.717, 1.165) is 43.3 Å². The van der Waals surface area contributed by atoms with Gasteiger partial charge in [0.25, 0.3) is 0 Å². The molecule has 2 fully saturated rings. The van der Waals surface area contributed by atoms with Crippen molar-refractivity contribution in [3.05, 3.63) is 28.2 Å². The van der Waals surface area contributed by atoms with E-state index in [9.17, 15) is 4.79 Å². The van der Waals surface area contributed by atoms with Gasteiger partial charge in [-0.1, -0.05) is 17.8 Å². The molecule has 1 saturated heterocycles. The molecule has 7 heteroatoms. The number of piperidine rings is 1. The molecule has 1 aliphatic heterocycles. The van der Waals surface area contributed by atoms with E-state index in [-0.39, 0.29) is 5.91 Å².